The molecule has 0 aliphatic heterocycles. The predicted molar refractivity (Wildman–Crippen MR) is 74.1 cm³/mol. The van der Waals surface area contributed by atoms with E-state index in [-0.39, 0.29) is 9.20 Å². The van der Waals surface area contributed by atoms with Gasteiger partial charge in [-0.25, -0.2) is 8.42 Å². The van der Waals surface area contributed by atoms with E-state index in [0.29, 0.717) is 4.88 Å². The predicted octanol–water partition coefficient (Wildman–Crippen LogP) is -0.205. The standard InChI is InChI=1S/C9H13N3O3S3/c1-5(9(13)11-2)12-18(14,15)7-4-3-6(17-7)8(10)16/h3-5,12H,1-2H3,(H2,10,16)(H,11,13). The molecular weight excluding hydrogens is 294 g/mol. The highest BCUT2D eigenvalue weighted by Gasteiger charge is 2.23. The van der Waals surface area contributed by atoms with Gasteiger partial charge in [-0.3, -0.25) is 4.79 Å². The van der Waals surface area contributed by atoms with Crippen LogP contribution in [0.5, 0.6) is 0 Å². The fourth-order valence-electron chi connectivity index (χ4n) is 1.16. The van der Waals surface area contributed by atoms with Gasteiger partial charge in [-0.2, -0.15) is 4.72 Å². The largest absolute Gasteiger partial charge is 0.389 e. The molecule has 0 radical (unpaired) electrons. The molecule has 1 aromatic heterocycles. The quantitative estimate of drug-likeness (QED) is 0.654. The van der Waals surface area contributed by atoms with E-state index in [1.807, 2.05) is 0 Å². The number of hydrogen-bond donors (Lipinski definition) is 3. The van der Waals surface area contributed by atoms with Crippen molar-refractivity contribution in [3.63, 3.8) is 0 Å². The number of carbonyl (C=O) groups excluding carboxylic acids is 1. The van der Waals surface area contributed by atoms with Crippen LogP contribution in [0.15, 0.2) is 16.3 Å². The molecule has 0 saturated heterocycles. The number of nitrogens with one attached hydrogen (secondary N) is 2. The Balaban J connectivity index is 2.92. The Morgan fingerprint density at radius 1 is 1.50 bits per heavy atom. The molecule has 0 aliphatic rings. The lowest BCUT2D eigenvalue weighted by atomic mass is 10.3. The number of sulfonamides is 1. The first-order chi connectivity index (χ1) is 8.27. The van der Waals surface area contributed by atoms with Crippen LogP contribution in [0.2, 0.25) is 0 Å². The summed E-state index contributed by atoms with van der Waals surface area (Å²) in [6, 6.07) is 2.08. The fourth-order valence-corrected chi connectivity index (χ4v) is 3.73. The van der Waals surface area contributed by atoms with Crippen molar-refractivity contribution in [3.05, 3.63) is 17.0 Å². The molecule has 1 unspecified atom stereocenters. The summed E-state index contributed by atoms with van der Waals surface area (Å²) >= 11 is 5.72. The molecule has 0 aliphatic carbocycles. The Labute approximate surface area is 115 Å². The summed E-state index contributed by atoms with van der Waals surface area (Å²) < 4.78 is 26.2. The average molecular weight is 307 g/mol. The summed E-state index contributed by atoms with van der Waals surface area (Å²) in [5.74, 6) is -0.412. The minimum Gasteiger partial charge on any atom is -0.389 e. The summed E-state index contributed by atoms with van der Waals surface area (Å²) in [4.78, 5) is 11.9. The van der Waals surface area contributed by atoms with E-state index in [9.17, 15) is 13.2 Å². The summed E-state index contributed by atoms with van der Waals surface area (Å²) in [6.45, 7) is 1.46. The number of thiocarbonyl (C=S) groups is 1. The number of hydrogen-bond acceptors (Lipinski definition) is 5. The molecule has 1 heterocycles. The van der Waals surface area contributed by atoms with Crippen molar-refractivity contribution < 1.29 is 13.2 Å². The Bertz CT molecular complexity index is 565. The highest BCUT2D eigenvalue weighted by molar-refractivity contribution is 7.91. The van der Waals surface area contributed by atoms with E-state index < -0.39 is 22.0 Å². The van der Waals surface area contributed by atoms with Gasteiger partial charge in [-0.05, 0) is 19.1 Å². The van der Waals surface area contributed by atoms with Crippen LogP contribution in [0.1, 0.15) is 11.8 Å². The topological polar surface area (TPSA) is 101 Å². The SMILES string of the molecule is CNC(=O)C(C)NS(=O)(=O)c1ccc(C(N)=S)s1. The van der Waals surface area contributed by atoms with Crippen molar-refractivity contribution in [1.29, 1.82) is 0 Å². The molecule has 1 rings (SSSR count). The maximum Gasteiger partial charge on any atom is 0.250 e. The van der Waals surface area contributed by atoms with Crippen LogP contribution < -0.4 is 15.8 Å². The molecule has 1 aromatic rings. The average Bonchev–Trinajstić information content (AvgIpc) is 2.77. The third-order valence-corrected chi connectivity index (χ3v) is 5.56. The van der Waals surface area contributed by atoms with Crippen LogP contribution >= 0.6 is 23.6 Å². The van der Waals surface area contributed by atoms with E-state index in [0.717, 1.165) is 11.3 Å². The third-order valence-electron chi connectivity index (χ3n) is 2.06. The molecule has 4 N–H and O–H groups in total. The van der Waals surface area contributed by atoms with Crippen molar-refractivity contribution in [2.45, 2.75) is 17.2 Å². The molecule has 9 heteroatoms. The van der Waals surface area contributed by atoms with E-state index in [4.69, 9.17) is 18.0 Å². The van der Waals surface area contributed by atoms with Gasteiger partial charge in [0.05, 0.1) is 10.9 Å². The van der Waals surface area contributed by atoms with Gasteiger partial charge in [0.25, 0.3) is 10.0 Å². The Morgan fingerprint density at radius 2 is 2.11 bits per heavy atom. The zero-order valence-electron chi connectivity index (χ0n) is 9.76. The van der Waals surface area contributed by atoms with Crippen LogP contribution in [0.3, 0.4) is 0 Å². The third kappa shape index (κ3) is 3.48. The van der Waals surface area contributed by atoms with Gasteiger partial charge in [0.15, 0.2) is 0 Å². The minimum atomic E-state index is -3.73. The summed E-state index contributed by atoms with van der Waals surface area (Å²) in [5.41, 5.74) is 5.40. The molecule has 0 saturated carbocycles. The number of nitrogens with two attached hydrogens (primary N) is 1. The highest BCUT2D eigenvalue weighted by Crippen LogP contribution is 2.21. The molecule has 18 heavy (non-hydrogen) atoms. The zero-order valence-corrected chi connectivity index (χ0v) is 12.2. The monoisotopic (exact) mass is 307 g/mol. The van der Waals surface area contributed by atoms with Gasteiger partial charge >= 0.3 is 0 Å². The number of thiophene rings is 1. The second kappa shape index (κ2) is 5.74. The van der Waals surface area contributed by atoms with Crippen LogP contribution in [-0.4, -0.2) is 32.4 Å². The Morgan fingerprint density at radius 3 is 2.56 bits per heavy atom. The number of likely N-dealkylation sites (N-methyl/N-ethyl adjacent to an activating group) is 1. The van der Waals surface area contributed by atoms with Gasteiger partial charge < -0.3 is 11.1 Å². The zero-order chi connectivity index (χ0) is 13.9. The highest BCUT2D eigenvalue weighted by atomic mass is 32.2. The van der Waals surface area contributed by atoms with Crippen LogP contribution in [-0.2, 0) is 14.8 Å². The van der Waals surface area contributed by atoms with E-state index in [2.05, 4.69) is 10.0 Å². The van der Waals surface area contributed by atoms with Gasteiger partial charge in [-0.1, -0.05) is 12.2 Å². The second-order valence-corrected chi connectivity index (χ2v) is 6.90. The lowest BCUT2D eigenvalue weighted by Crippen LogP contribution is -2.43. The first kappa shape index (κ1) is 15.0. The maximum absolute atomic E-state index is 11.9. The second-order valence-electron chi connectivity index (χ2n) is 3.44. The van der Waals surface area contributed by atoms with Gasteiger partial charge in [-0.15, -0.1) is 11.3 Å². The molecule has 1 amide bonds. The molecule has 1 atom stereocenters. The first-order valence-corrected chi connectivity index (χ1v) is 7.62. The minimum absolute atomic E-state index is 0.0704. The molecule has 6 nitrogen and oxygen atoms in total. The first-order valence-electron chi connectivity index (χ1n) is 4.91. The van der Waals surface area contributed by atoms with Crippen LogP contribution in [0.4, 0.5) is 0 Å². The van der Waals surface area contributed by atoms with Crippen molar-refractivity contribution in [1.82, 2.24) is 10.0 Å². The Kier molecular flexibility index (Phi) is 4.79. The van der Waals surface area contributed by atoms with Crippen LogP contribution in [0, 0.1) is 0 Å². The lowest BCUT2D eigenvalue weighted by molar-refractivity contribution is -0.121. The van der Waals surface area contributed by atoms with Gasteiger partial charge in [0, 0.05) is 7.05 Å². The number of rotatable bonds is 5. The van der Waals surface area contributed by atoms with Crippen molar-refractivity contribution in [3.8, 4) is 0 Å². The van der Waals surface area contributed by atoms with Crippen LogP contribution in [0.25, 0.3) is 0 Å². The number of carbonyl (C=O) groups is 1. The molecular formula is C9H13N3O3S3. The van der Waals surface area contributed by atoms with E-state index >= 15 is 0 Å². The summed E-state index contributed by atoms with van der Waals surface area (Å²) in [7, 11) is -2.30. The smallest absolute Gasteiger partial charge is 0.250 e. The van der Waals surface area contributed by atoms with Crippen molar-refractivity contribution >= 4 is 44.5 Å². The van der Waals surface area contributed by atoms with Crippen molar-refractivity contribution in [2.75, 3.05) is 7.05 Å². The van der Waals surface area contributed by atoms with Gasteiger partial charge in [0.2, 0.25) is 5.91 Å². The molecule has 0 fully saturated rings. The fraction of sp³-hybridized carbons (Fsp3) is 0.333. The normalized spacial score (nSPS) is 13.0. The van der Waals surface area contributed by atoms with E-state index in [1.165, 1.54) is 26.1 Å². The summed E-state index contributed by atoms with van der Waals surface area (Å²) in [6.07, 6.45) is 0. The van der Waals surface area contributed by atoms with Gasteiger partial charge in [0.1, 0.15) is 9.20 Å². The van der Waals surface area contributed by atoms with Crippen molar-refractivity contribution in [2.24, 2.45) is 5.73 Å². The van der Waals surface area contributed by atoms with E-state index in [1.54, 1.807) is 0 Å². The summed E-state index contributed by atoms with van der Waals surface area (Å²) in [5, 5.41) is 2.36. The maximum atomic E-state index is 11.9. The molecule has 0 bridgehead atoms. The number of amides is 1. The lowest BCUT2D eigenvalue weighted by Gasteiger charge is -2.11. The molecule has 0 aromatic carbocycles. The molecule has 100 valence electrons. The Hall–Kier alpha value is -1.03. The molecule has 0 spiro atoms.